The summed E-state index contributed by atoms with van der Waals surface area (Å²) in [7, 11) is -5.24. The van der Waals surface area contributed by atoms with Gasteiger partial charge < -0.3 is 105 Å². The highest BCUT2D eigenvalue weighted by Crippen LogP contribution is 2.48. The average molecular weight is 863 g/mol. The molecule has 4 fully saturated rings. The van der Waals surface area contributed by atoms with E-state index in [1.165, 1.54) is 0 Å². The molecule has 1 saturated carbocycles. The minimum absolute atomic E-state index is 0.274. The lowest BCUT2D eigenvalue weighted by Crippen LogP contribution is -2.69. The van der Waals surface area contributed by atoms with Crippen molar-refractivity contribution in [1.82, 2.24) is 0 Å². The molecule has 26 heteroatoms. The van der Waals surface area contributed by atoms with Crippen LogP contribution in [0.4, 0.5) is 0 Å². The molecule has 4 rings (SSSR count). The maximum atomic E-state index is 13.3. The highest BCUT2D eigenvalue weighted by Gasteiger charge is 2.58. The summed E-state index contributed by atoms with van der Waals surface area (Å²) >= 11 is 4.11. The summed E-state index contributed by atoms with van der Waals surface area (Å²) in [5.74, 6) is 0.610. The number of hydrogen-bond donors (Lipinski definition) is 16. The van der Waals surface area contributed by atoms with E-state index in [1.807, 2.05) is 0 Å². The van der Waals surface area contributed by atoms with Crippen molar-refractivity contribution in [3.8, 4) is 0 Å². The standard InChI is InChI=1S/C30H55O24PS/c31-7-10-13(33)16(36)22(42)28(49-10)47-9-12-15(35)18(38)24(44)30(51-12)53-26-21(41)19(39)20(40)25(52-29-23(43)17(37)14(34)11(8-32)50-29)27(26)54-55(45,46)48-5-3-1-2-4-6-56/h10-44,56H,1-9H2,(H,45,46)/t10-,11-,12-,13-,14-,15-,16+,17+,18+,19-,20-,21+,22+,23+,24+,25-,26-,27-,28+,29-,30-/m1/s1. The van der Waals surface area contributed by atoms with E-state index in [-0.39, 0.29) is 13.0 Å². The molecule has 0 aromatic rings. The second-order valence-electron chi connectivity index (χ2n) is 13.9. The first-order chi connectivity index (χ1) is 26.4. The topological polar surface area (TPSA) is 394 Å². The maximum absolute atomic E-state index is 13.3. The van der Waals surface area contributed by atoms with E-state index < -0.39 is 156 Å². The van der Waals surface area contributed by atoms with Crippen LogP contribution < -0.4 is 0 Å². The van der Waals surface area contributed by atoms with Crippen molar-refractivity contribution < 1.29 is 118 Å². The molecule has 3 saturated heterocycles. The number of phosphoric acid groups is 1. The Bertz CT molecular complexity index is 1230. The molecular weight excluding hydrogens is 807 g/mol. The summed E-state index contributed by atoms with van der Waals surface area (Å²) in [6.07, 6.45) is -39.4. The molecule has 330 valence electrons. The molecule has 22 atom stereocenters. The number of aliphatic hydroxyl groups excluding tert-OH is 14. The van der Waals surface area contributed by atoms with E-state index in [0.29, 0.717) is 18.6 Å². The summed E-state index contributed by atoms with van der Waals surface area (Å²) in [6.45, 7) is -2.86. The lowest BCUT2D eigenvalue weighted by atomic mass is 9.84. The Morgan fingerprint density at radius 1 is 0.500 bits per heavy atom. The van der Waals surface area contributed by atoms with Gasteiger partial charge >= 0.3 is 7.82 Å². The maximum Gasteiger partial charge on any atom is 0.472 e. The van der Waals surface area contributed by atoms with Gasteiger partial charge in [-0.25, -0.2) is 4.57 Å². The molecule has 56 heavy (non-hydrogen) atoms. The molecule has 15 N–H and O–H groups in total. The smallest absolute Gasteiger partial charge is 0.394 e. The van der Waals surface area contributed by atoms with E-state index in [9.17, 15) is 80.9 Å². The Labute approximate surface area is 325 Å². The summed E-state index contributed by atoms with van der Waals surface area (Å²) in [5, 5.41) is 146. The fourth-order valence-electron chi connectivity index (χ4n) is 6.58. The van der Waals surface area contributed by atoms with Crippen LogP contribution in [0.1, 0.15) is 25.7 Å². The van der Waals surface area contributed by atoms with Gasteiger partial charge in [-0.15, -0.1) is 0 Å². The van der Waals surface area contributed by atoms with E-state index in [1.54, 1.807) is 0 Å². The Hall–Kier alpha value is -0.340. The molecule has 0 radical (unpaired) electrons. The van der Waals surface area contributed by atoms with Crippen LogP contribution in [0.15, 0.2) is 0 Å². The Morgan fingerprint density at radius 2 is 0.911 bits per heavy atom. The van der Waals surface area contributed by atoms with Crippen LogP contribution >= 0.6 is 20.5 Å². The number of thiol groups is 1. The van der Waals surface area contributed by atoms with Gasteiger partial charge in [-0.1, -0.05) is 12.8 Å². The van der Waals surface area contributed by atoms with Gasteiger partial charge in [-0.2, -0.15) is 12.6 Å². The normalized spacial score (nSPS) is 47.4. The van der Waals surface area contributed by atoms with Crippen LogP contribution in [0.25, 0.3) is 0 Å². The van der Waals surface area contributed by atoms with E-state index in [4.69, 9.17) is 37.5 Å². The quantitative estimate of drug-likeness (QED) is 0.0346. The summed E-state index contributed by atoms with van der Waals surface area (Å²) in [5.41, 5.74) is 0. The van der Waals surface area contributed by atoms with Gasteiger partial charge in [-0.05, 0) is 18.6 Å². The first-order valence-electron chi connectivity index (χ1n) is 17.9. The molecule has 0 aromatic heterocycles. The van der Waals surface area contributed by atoms with E-state index >= 15 is 0 Å². The van der Waals surface area contributed by atoms with Gasteiger partial charge in [0.05, 0.1) is 26.4 Å². The van der Waals surface area contributed by atoms with Crippen molar-refractivity contribution in [2.24, 2.45) is 0 Å². The number of aliphatic hydroxyl groups is 14. The third-order valence-electron chi connectivity index (χ3n) is 9.96. The van der Waals surface area contributed by atoms with Crippen LogP contribution in [0.2, 0.25) is 0 Å². The van der Waals surface area contributed by atoms with Gasteiger partial charge in [0.15, 0.2) is 18.9 Å². The second kappa shape index (κ2) is 21.4. The van der Waals surface area contributed by atoms with Crippen LogP contribution in [-0.4, -0.2) is 237 Å². The fraction of sp³-hybridized carbons (Fsp3) is 1.00. The predicted molar refractivity (Wildman–Crippen MR) is 181 cm³/mol. The molecular formula is C30H55O24PS. The third-order valence-corrected chi connectivity index (χ3v) is 11.3. The molecule has 0 bridgehead atoms. The zero-order valence-electron chi connectivity index (χ0n) is 29.8. The zero-order chi connectivity index (χ0) is 41.6. The van der Waals surface area contributed by atoms with Crippen LogP contribution in [0.5, 0.6) is 0 Å². The summed E-state index contributed by atoms with van der Waals surface area (Å²) in [4.78, 5) is 10.7. The van der Waals surface area contributed by atoms with Crippen molar-refractivity contribution in [3.05, 3.63) is 0 Å². The van der Waals surface area contributed by atoms with Gasteiger partial charge in [0.2, 0.25) is 0 Å². The minimum atomic E-state index is -5.24. The molecule has 0 spiro atoms. The molecule has 0 aromatic carbocycles. The average Bonchev–Trinajstić information content (AvgIpc) is 3.17. The van der Waals surface area contributed by atoms with Crippen molar-refractivity contribution in [1.29, 1.82) is 0 Å². The molecule has 1 aliphatic carbocycles. The fourth-order valence-corrected chi connectivity index (χ4v) is 7.78. The Kier molecular flexibility index (Phi) is 18.5. The largest absolute Gasteiger partial charge is 0.472 e. The molecule has 0 amide bonds. The van der Waals surface area contributed by atoms with Gasteiger partial charge in [0, 0.05) is 0 Å². The molecule has 1 unspecified atom stereocenters. The van der Waals surface area contributed by atoms with Crippen molar-refractivity contribution in [3.63, 3.8) is 0 Å². The van der Waals surface area contributed by atoms with Crippen molar-refractivity contribution in [2.75, 3.05) is 32.2 Å². The number of rotatable bonds is 18. The Morgan fingerprint density at radius 3 is 1.39 bits per heavy atom. The first-order valence-corrected chi connectivity index (χ1v) is 20.1. The third kappa shape index (κ3) is 11.3. The molecule has 4 aliphatic rings. The van der Waals surface area contributed by atoms with Crippen molar-refractivity contribution >= 4 is 20.5 Å². The van der Waals surface area contributed by atoms with Crippen LogP contribution in [0, 0.1) is 0 Å². The predicted octanol–water partition coefficient (Wildman–Crippen LogP) is -7.73. The Balaban J connectivity index is 1.59. The van der Waals surface area contributed by atoms with E-state index in [0.717, 1.165) is 6.42 Å². The molecule has 24 nitrogen and oxygen atoms in total. The monoisotopic (exact) mass is 862 g/mol. The molecule has 3 heterocycles. The highest BCUT2D eigenvalue weighted by molar-refractivity contribution is 7.80. The second-order valence-corrected chi connectivity index (χ2v) is 15.8. The van der Waals surface area contributed by atoms with Crippen molar-refractivity contribution in [2.45, 2.75) is 154 Å². The van der Waals surface area contributed by atoms with E-state index in [2.05, 4.69) is 12.6 Å². The van der Waals surface area contributed by atoms with Gasteiger partial charge in [-0.3, -0.25) is 9.05 Å². The summed E-state index contributed by atoms with van der Waals surface area (Å²) < 4.78 is 56.6. The lowest BCUT2D eigenvalue weighted by molar-refractivity contribution is -0.364. The number of hydrogen-bond acceptors (Lipinski definition) is 24. The zero-order valence-corrected chi connectivity index (χ0v) is 31.6. The van der Waals surface area contributed by atoms with Crippen LogP contribution in [-0.2, 0) is 42.0 Å². The number of unbranched alkanes of at least 4 members (excludes halogenated alkanes) is 3. The SMILES string of the molecule is O=P(O)(OCCCCCCS)O[C@@H]1[C@H](O[C@H]2O[C@H](CO)[C@@H](O)[C@H](O)[C@@H]2O)[C@H](O)[C@@H](O)[C@H](O)[C@H]1O[C@H]1O[C@H](CO[C@H]2O[C@H](CO)[C@@H](O)[C@H](O)[C@@H]2O)[C@@H](O)[C@H](O)[C@@H]1O. The van der Waals surface area contributed by atoms with Gasteiger partial charge in [0.1, 0.15) is 110 Å². The highest BCUT2D eigenvalue weighted by atomic mass is 32.1. The number of ether oxygens (including phenoxy) is 6. The lowest BCUT2D eigenvalue weighted by Gasteiger charge is -2.49. The van der Waals surface area contributed by atoms with Gasteiger partial charge in [0.25, 0.3) is 0 Å². The summed E-state index contributed by atoms with van der Waals surface area (Å²) in [6, 6.07) is 0. The first kappa shape index (κ1) is 48.3. The van der Waals surface area contributed by atoms with Crippen LogP contribution in [0.3, 0.4) is 0 Å². The minimum Gasteiger partial charge on any atom is -0.394 e. The number of phosphoric ester groups is 1. The molecule has 3 aliphatic heterocycles.